The van der Waals surface area contributed by atoms with E-state index in [2.05, 4.69) is 41.3 Å². The zero-order valence-corrected chi connectivity index (χ0v) is 14.8. The van der Waals surface area contributed by atoms with E-state index in [9.17, 15) is 0 Å². The second-order valence-electron chi connectivity index (χ2n) is 4.99. The van der Waals surface area contributed by atoms with Gasteiger partial charge in [0, 0.05) is 39.3 Å². The Morgan fingerprint density at radius 1 is 1.26 bits per heavy atom. The molecule has 114 valence electrons. The van der Waals surface area contributed by atoms with Gasteiger partial charge in [-0.2, -0.15) is 0 Å². The van der Waals surface area contributed by atoms with Crippen LogP contribution in [-0.2, 0) is 4.74 Å². The molecule has 0 spiro atoms. The fourth-order valence-electron chi connectivity index (χ4n) is 1.77. The zero-order valence-electron chi connectivity index (χ0n) is 12.4. The van der Waals surface area contributed by atoms with Gasteiger partial charge in [-0.15, -0.1) is 24.0 Å². The Morgan fingerprint density at radius 3 is 2.53 bits per heavy atom. The molecular formula is C13H29IN4O. The van der Waals surface area contributed by atoms with Gasteiger partial charge in [-0.25, -0.2) is 0 Å². The average molecular weight is 384 g/mol. The Bertz CT molecular complexity index is 243. The topological polar surface area (TPSA) is 48.9 Å². The van der Waals surface area contributed by atoms with Gasteiger partial charge in [0.15, 0.2) is 5.96 Å². The summed E-state index contributed by atoms with van der Waals surface area (Å²) in [6.07, 6.45) is 0. The van der Waals surface area contributed by atoms with E-state index in [1.165, 1.54) is 0 Å². The number of halogens is 1. The highest BCUT2D eigenvalue weighted by atomic mass is 127. The lowest BCUT2D eigenvalue weighted by Gasteiger charge is -2.26. The maximum atomic E-state index is 5.33. The Kier molecular flexibility index (Phi) is 11.7. The van der Waals surface area contributed by atoms with Crippen LogP contribution < -0.4 is 10.6 Å². The lowest BCUT2D eigenvalue weighted by atomic mass is 10.2. The van der Waals surface area contributed by atoms with Crippen LogP contribution in [0.15, 0.2) is 4.99 Å². The number of nitrogens with zero attached hydrogens (tertiary/aromatic N) is 2. The van der Waals surface area contributed by atoms with Crippen LogP contribution >= 0.6 is 24.0 Å². The minimum absolute atomic E-state index is 0. The molecule has 0 aromatic carbocycles. The van der Waals surface area contributed by atoms with Gasteiger partial charge in [0.25, 0.3) is 0 Å². The van der Waals surface area contributed by atoms with Crippen molar-refractivity contribution in [1.82, 2.24) is 15.5 Å². The lowest BCUT2D eigenvalue weighted by Crippen LogP contribution is -2.44. The van der Waals surface area contributed by atoms with Crippen molar-refractivity contribution in [3.8, 4) is 0 Å². The summed E-state index contributed by atoms with van der Waals surface area (Å²) >= 11 is 0. The summed E-state index contributed by atoms with van der Waals surface area (Å²) in [5.41, 5.74) is 0. The van der Waals surface area contributed by atoms with Crippen LogP contribution in [0.4, 0.5) is 0 Å². The monoisotopic (exact) mass is 384 g/mol. The molecule has 0 amide bonds. The number of nitrogens with one attached hydrogen (secondary N) is 2. The number of ether oxygens (including phenoxy) is 1. The van der Waals surface area contributed by atoms with Crippen LogP contribution in [0.1, 0.15) is 20.8 Å². The highest BCUT2D eigenvalue weighted by Crippen LogP contribution is 1.95. The second-order valence-corrected chi connectivity index (χ2v) is 4.99. The largest absolute Gasteiger partial charge is 0.379 e. The Labute approximate surface area is 134 Å². The SMILES string of the molecule is CCNC(=NCC(C)C)NCCN1CCOCC1.I. The molecule has 5 nitrogen and oxygen atoms in total. The third-order valence-corrected chi connectivity index (χ3v) is 2.78. The molecule has 0 unspecified atom stereocenters. The van der Waals surface area contributed by atoms with Gasteiger partial charge < -0.3 is 15.4 Å². The molecule has 0 aliphatic carbocycles. The summed E-state index contributed by atoms with van der Waals surface area (Å²) in [6, 6.07) is 0. The van der Waals surface area contributed by atoms with Gasteiger partial charge in [0.2, 0.25) is 0 Å². The molecule has 6 heteroatoms. The molecule has 0 aromatic heterocycles. The second kappa shape index (κ2) is 11.7. The maximum absolute atomic E-state index is 5.33. The first-order valence-electron chi connectivity index (χ1n) is 7.04. The average Bonchev–Trinajstić information content (AvgIpc) is 2.37. The Morgan fingerprint density at radius 2 is 1.95 bits per heavy atom. The summed E-state index contributed by atoms with van der Waals surface area (Å²) in [4.78, 5) is 6.97. The molecule has 1 aliphatic rings. The van der Waals surface area contributed by atoms with Crippen molar-refractivity contribution in [3.63, 3.8) is 0 Å². The van der Waals surface area contributed by atoms with Crippen LogP contribution in [-0.4, -0.2) is 63.3 Å². The third-order valence-electron chi connectivity index (χ3n) is 2.78. The minimum Gasteiger partial charge on any atom is -0.379 e. The zero-order chi connectivity index (χ0) is 13.2. The van der Waals surface area contributed by atoms with Gasteiger partial charge in [0.1, 0.15) is 0 Å². The molecule has 1 aliphatic heterocycles. The van der Waals surface area contributed by atoms with E-state index in [-0.39, 0.29) is 24.0 Å². The van der Waals surface area contributed by atoms with Crippen LogP contribution in [0.25, 0.3) is 0 Å². The van der Waals surface area contributed by atoms with E-state index in [1.807, 2.05) is 0 Å². The number of morpholine rings is 1. The summed E-state index contributed by atoms with van der Waals surface area (Å²) < 4.78 is 5.33. The highest BCUT2D eigenvalue weighted by Gasteiger charge is 2.09. The predicted octanol–water partition coefficient (Wildman–Crippen LogP) is 1.15. The first-order valence-corrected chi connectivity index (χ1v) is 7.04. The maximum Gasteiger partial charge on any atom is 0.191 e. The van der Waals surface area contributed by atoms with Crippen molar-refractivity contribution < 1.29 is 4.74 Å². The first-order chi connectivity index (χ1) is 8.72. The molecule has 1 fully saturated rings. The van der Waals surface area contributed by atoms with Gasteiger partial charge >= 0.3 is 0 Å². The van der Waals surface area contributed by atoms with Crippen LogP contribution in [0, 0.1) is 5.92 Å². The number of aliphatic imine (C=N–C) groups is 1. The number of guanidine groups is 1. The predicted molar refractivity (Wildman–Crippen MR) is 91.5 cm³/mol. The Hall–Kier alpha value is -0.0800. The number of hydrogen-bond donors (Lipinski definition) is 2. The molecule has 0 aromatic rings. The normalized spacial score (nSPS) is 17.2. The molecule has 0 atom stereocenters. The van der Waals surface area contributed by atoms with E-state index in [4.69, 9.17) is 4.74 Å². The fourth-order valence-corrected chi connectivity index (χ4v) is 1.77. The van der Waals surface area contributed by atoms with Crippen molar-refractivity contribution in [2.45, 2.75) is 20.8 Å². The summed E-state index contributed by atoms with van der Waals surface area (Å²) in [5, 5.41) is 6.65. The first kappa shape index (κ1) is 18.9. The van der Waals surface area contributed by atoms with Crippen LogP contribution in [0.2, 0.25) is 0 Å². The fraction of sp³-hybridized carbons (Fsp3) is 0.923. The molecule has 0 saturated carbocycles. The number of hydrogen-bond acceptors (Lipinski definition) is 3. The summed E-state index contributed by atoms with van der Waals surface area (Å²) in [7, 11) is 0. The van der Waals surface area contributed by atoms with Crippen molar-refractivity contribution in [2.75, 3.05) is 52.5 Å². The van der Waals surface area contributed by atoms with E-state index in [1.54, 1.807) is 0 Å². The minimum atomic E-state index is 0. The quantitative estimate of drug-likeness (QED) is 0.410. The van der Waals surface area contributed by atoms with E-state index >= 15 is 0 Å². The van der Waals surface area contributed by atoms with Gasteiger partial charge in [-0.3, -0.25) is 9.89 Å². The summed E-state index contributed by atoms with van der Waals surface area (Å²) in [6.45, 7) is 14.0. The smallest absolute Gasteiger partial charge is 0.191 e. The van der Waals surface area contributed by atoms with Gasteiger partial charge in [0.05, 0.1) is 13.2 Å². The molecule has 1 rings (SSSR count). The van der Waals surface area contributed by atoms with E-state index in [0.29, 0.717) is 5.92 Å². The Balaban J connectivity index is 0.00000324. The van der Waals surface area contributed by atoms with Crippen molar-refractivity contribution in [3.05, 3.63) is 0 Å². The molecule has 19 heavy (non-hydrogen) atoms. The lowest BCUT2D eigenvalue weighted by molar-refractivity contribution is 0.0389. The molecule has 2 N–H and O–H groups in total. The van der Waals surface area contributed by atoms with Crippen molar-refractivity contribution in [2.24, 2.45) is 10.9 Å². The standard InChI is InChI=1S/C13H28N4O.HI/c1-4-14-13(16-11-12(2)3)15-5-6-17-7-9-18-10-8-17;/h12H,4-11H2,1-3H3,(H2,14,15,16);1H. The molecule has 0 radical (unpaired) electrons. The molecule has 0 bridgehead atoms. The van der Waals surface area contributed by atoms with Crippen LogP contribution in [0.3, 0.4) is 0 Å². The van der Waals surface area contributed by atoms with Crippen molar-refractivity contribution in [1.29, 1.82) is 0 Å². The van der Waals surface area contributed by atoms with E-state index < -0.39 is 0 Å². The van der Waals surface area contributed by atoms with Gasteiger partial charge in [-0.1, -0.05) is 13.8 Å². The molecule has 1 heterocycles. The number of rotatable bonds is 6. The highest BCUT2D eigenvalue weighted by molar-refractivity contribution is 14.0. The molecular weight excluding hydrogens is 355 g/mol. The van der Waals surface area contributed by atoms with E-state index in [0.717, 1.165) is 58.4 Å². The van der Waals surface area contributed by atoms with Gasteiger partial charge in [-0.05, 0) is 12.8 Å². The summed E-state index contributed by atoms with van der Waals surface area (Å²) in [5.74, 6) is 1.53. The van der Waals surface area contributed by atoms with Crippen LogP contribution in [0.5, 0.6) is 0 Å². The molecule has 1 saturated heterocycles. The van der Waals surface area contributed by atoms with Crippen molar-refractivity contribution >= 4 is 29.9 Å². The third kappa shape index (κ3) is 9.45.